The van der Waals surface area contributed by atoms with Crippen LogP contribution in [0.1, 0.15) is 36.2 Å². The van der Waals surface area contributed by atoms with Gasteiger partial charge in [-0.1, -0.05) is 0 Å². The van der Waals surface area contributed by atoms with Crippen LogP contribution in [-0.2, 0) is 16.1 Å². The van der Waals surface area contributed by atoms with Crippen molar-refractivity contribution < 1.29 is 9.53 Å². The number of aromatic nitrogens is 3. The molecule has 7 nitrogen and oxygen atoms in total. The number of primary amides is 1. The molecule has 3 rings (SSSR count). The SMILES string of the molecule is COC[C@]1(CC(N)=O)CCCN1Cc1cnn2c(C)cc(C)nc12. The molecule has 1 amide bonds. The van der Waals surface area contributed by atoms with Crippen LogP contribution in [0, 0.1) is 13.8 Å². The molecule has 1 fully saturated rings. The number of carbonyl (C=O) groups excluding carboxylic acids is 1. The third-order valence-corrected chi connectivity index (χ3v) is 4.87. The van der Waals surface area contributed by atoms with Crippen LogP contribution in [0.15, 0.2) is 12.3 Å². The number of methoxy groups -OCH3 is 1. The van der Waals surface area contributed by atoms with Gasteiger partial charge in [0.1, 0.15) is 0 Å². The lowest BCUT2D eigenvalue weighted by molar-refractivity contribution is -0.121. The van der Waals surface area contributed by atoms with E-state index in [2.05, 4.69) is 15.0 Å². The second-order valence-electron chi connectivity index (χ2n) is 6.77. The van der Waals surface area contributed by atoms with Crippen LogP contribution in [-0.4, -0.2) is 51.2 Å². The second-order valence-corrected chi connectivity index (χ2v) is 6.77. The summed E-state index contributed by atoms with van der Waals surface area (Å²) in [7, 11) is 1.67. The number of ether oxygens (including phenoxy) is 1. The van der Waals surface area contributed by atoms with E-state index in [0.29, 0.717) is 19.6 Å². The molecule has 2 aromatic heterocycles. The Morgan fingerprint density at radius 2 is 2.25 bits per heavy atom. The number of carbonyl (C=O) groups is 1. The van der Waals surface area contributed by atoms with Crippen LogP contribution in [0.3, 0.4) is 0 Å². The highest BCUT2D eigenvalue weighted by Crippen LogP contribution is 2.34. The number of amides is 1. The van der Waals surface area contributed by atoms with E-state index in [-0.39, 0.29) is 11.4 Å². The van der Waals surface area contributed by atoms with E-state index < -0.39 is 0 Å². The summed E-state index contributed by atoms with van der Waals surface area (Å²) < 4.78 is 7.28. The molecule has 0 unspecified atom stereocenters. The lowest BCUT2D eigenvalue weighted by Gasteiger charge is -2.37. The smallest absolute Gasteiger partial charge is 0.219 e. The van der Waals surface area contributed by atoms with Crippen LogP contribution < -0.4 is 5.73 Å². The molecule has 0 radical (unpaired) electrons. The molecule has 7 heteroatoms. The molecule has 0 saturated carbocycles. The molecule has 1 atom stereocenters. The van der Waals surface area contributed by atoms with E-state index in [0.717, 1.165) is 42.0 Å². The fourth-order valence-electron chi connectivity index (χ4n) is 3.88. The highest BCUT2D eigenvalue weighted by molar-refractivity contribution is 5.75. The van der Waals surface area contributed by atoms with Crippen LogP contribution in [0.25, 0.3) is 5.65 Å². The van der Waals surface area contributed by atoms with E-state index in [1.807, 2.05) is 30.6 Å². The number of hydrogen-bond acceptors (Lipinski definition) is 5. The Bertz CT molecular complexity index is 757. The van der Waals surface area contributed by atoms with Gasteiger partial charge in [0.2, 0.25) is 5.91 Å². The maximum atomic E-state index is 11.6. The molecule has 24 heavy (non-hydrogen) atoms. The first kappa shape index (κ1) is 16.9. The van der Waals surface area contributed by atoms with Crippen LogP contribution >= 0.6 is 0 Å². The maximum absolute atomic E-state index is 11.6. The van der Waals surface area contributed by atoms with Gasteiger partial charge in [-0.2, -0.15) is 5.10 Å². The van der Waals surface area contributed by atoms with E-state index in [9.17, 15) is 4.79 Å². The molecular weight excluding hydrogens is 306 g/mol. The van der Waals surface area contributed by atoms with Crippen molar-refractivity contribution in [2.24, 2.45) is 5.73 Å². The van der Waals surface area contributed by atoms with Gasteiger partial charge >= 0.3 is 0 Å². The van der Waals surface area contributed by atoms with E-state index in [4.69, 9.17) is 10.5 Å². The molecule has 0 aromatic carbocycles. The van der Waals surface area contributed by atoms with Gasteiger partial charge < -0.3 is 10.5 Å². The Kier molecular flexibility index (Phi) is 4.56. The van der Waals surface area contributed by atoms with Crippen molar-refractivity contribution in [3.63, 3.8) is 0 Å². The Morgan fingerprint density at radius 1 is 1.46 bits per heavy atom. The van der Waals surface area contributed by atoms with E-state index >= 15 is 0 Å². The molecule has 0 spiro atoms. The summed E-state index contributed by atoms with van der Waals surface area (Å²) in [4.78, 5) is 18.5. The average molecular weight is 331 g/mol. The fraction of sp³-hybridized carbons (Fsp3) is 0.588. The lowest BCUT2D eigenvalue weighted by atomic mass is 9.92. The monoisotopic (exact) mass is 331 g/mol. The molecule has 1 aliphatic heterocycles. The van der Waals surface area contributed by atoms with Crippen molar-refractivity contribution in [2.75, 3.05) is 20.3 Å². The zero-order valence-corrected chi connectivity index (χ0v) is 14.6. The number of nitrogens with zero attached hydrogens (tertiary/aromatic N) is 4. The first-order valence-corrected chi connectivity index (χ1v) is 8.28. The number of likely N-dealkylation sites (tertiary alicyclic amines) is 1. The largest absolute Gasteiger partial charge is 0.383 e. The molecule has 0 aliphatic carbocycles. The molecule has 1 aliphatic rings. The first-order chi connectivity index (χ1) is 11.4. The Labute approximate surface area is 141 Å². The van der Waals surface area contributed by atoms with Crippen molar-refractivity contribution >= 4 is 11.6 Å². The van der Waals surface area contributed by atoms with Gasteiger partial charge in [0.25, 0.3) is 0 Å². The number of rotatable bonds is 6. The van der Waals surface area contributed by atoms with Gasteiger partial charge in [-0.15, -0.1) is 0 Å². The summed E-state index contributed by atoms with van der Waals surface area (Å²) in [6.07, 6.45) is 4.12. The summed E-state index contributed by atoms with van der Waals surface area (Å²) >= 11 is 0. The quantitative estimate of drug-likeness (QED) is 0.860. The number of nitrogens with two attached hydrogens (primary N) is 1. The second kappa shape index (κ2) is 6.49. The predicted octanol–water partition coefficient (Wildman–Crippen LogP) is 1.20. The van der Waals surface area contributed by atoms with Crippen molar-refractivity contribution in [1.82, 2.24) is 19.5 Å². The minimum atomic E-state index is -0.326. The fourth-order valence-corrected chi connectivity index (χ4v) is 3.88. The summed E-state index contributed by atoms with van der Waals surface area (Å²) in [5.41, 5.74) is 9.16. The average Bonchev–Trinajstić information content (AvgIpc) is 3.05. The molecule has 3 heterocycles. The topological polar surface area (TPSA) is 85.8 Å². The van der Waals surface area contributed by atoms with Gasteiger partial charge in [-0.3, -0.25) is 9.69 Å². The highest BCUT2D eigenvalue weighted by Gasteiger charge is 2.42. The van der Waals surface area contributed by atoms with Gasteiger partial charge in [0.15, 0.2) is 5.65 Å². The van der Waals surface area contributed by atoms with Gasteiger partial charge in [-0.05, 0) is 39.3 Å². The lowest BCUT2D eigenvalue weighted by Crippen LogP contribution is -2.49. The molecule has 1 saturated heterocycles. The zero-order chi connectivity index (χ0) is 17.3. The number of fused-ring (bicyclic) bond motifs is 1. The molecule has 130 valence electrons. The van der Waals surface area contributed by atoms with Crippen LogP contribution in [0.5, 0.6) is 0 Å². The minimum Gasteiger partial charge on any atom is -0.383 e. The number of aryl methyl sites for hydroxylation is 2. The summed E-state index contributed by atoms with van der Waals surface area (Å²) in [5.74, 6) is -0.288. The predicted molar refractivity (Wildman–Crippen MR) is 90.5 cm³/mol. The molecular formula is C17H25N5O2. The maximum Gasteiger partial charge on any atom is 0.219 e. The Hall–Kier alpha value is -1.99. The van der Waals surface area contributed by atoms with Gasteiger partial charge in [-0.25, -0.2) is 9.50 Å². The summed E-state index contributed by atoms with van der Waals surface area (Å²) in [6.45, 7) is 6.12. The van der Waals surface area contributed by atoms with Crippen molar-refractivity contribution in [2.45, 2.75) is 45.2 Å². The summed E-state index contributed by atoms with van der Waals surface area (Å²) in [5, 5.41) is 4.46. The minimum absolute atomic E-state index is 0.288. The third kappa shape index (κ3) is 3.01. The Balaban J connectivity index is 1.93. The number of hydrogen-bond donors (Lipinski definition) is 1. The molecule has 2 N–H and O–H groups in total. The van der Waals surface area contributed by atoms with E-state index in [1.54, 1.807) is 7.11 Å². The van der Waals surface area contributed by atoms with Crippen LogP contribution in [0.4, 0.5) is 0 Å². The zero-order valence-electron chi connectivity index (χ0n) is 14.6. The van der Waals surface area contributed by atoms with Crippen molar-refractivity contribution in [3.05, 3.63) is 29.2 Å². The molecule has 2 aromatic rings. The first-order valence-electron chi connectivity index (χ1n) is 8.28. The van der Waals surface area contributed by atoms with Crippen molar-refractivity contribution in [1.29, 1.82) is 0 Å². The Morgan fingerprint density at radius 3 is 2.96 bits per heavy atom. The third-order valence-electron chi connectivity index (χ3n) is 4.87. The van der Waals surface area contributed by atoms with E-state index in [1.165, 1.54) is 0 Å². The summed E-state index contributed by atoms with van der Waals surface area (Å²) in [6, 6.07) is 2.02. The standard InChI is InChI=1S/C17H25N5O2/c1-12-7-13(2)22-16(20-12)14(9-19-22)10-21-6-4-5-17(21,11-24-3)8-15(18)23/h7,9H,4-6,8,10-11H2,1-3H3,(H2,18,23)/t17-/m1/s1. The molecule has 0 bridgehead atoms. The van der Waals surface area contributed by atoms with Gasteiger partial charge in [0, 0.05) is 37.0 Å². The van der Waals surface area contributed by atoms with Gasteiger partial charge in [0.05, 0.1) is 18.3 Å². The highest BCUT2D eigenvalue weighted by atomic mass is 16.5. The van der Waals surface area contributed by atoms with Crippen LogP contribution in [0.2, 0.25) is 0 Å². The van der Waals surface area contributed by atoms with Crippen molar-refractivity contribution in [3.8, 4) is 0 Å². The normalized spacial score (nSPS) is 21.6.